The molecule has 1 heterocycles. The van der Waals surface area contributed by atoms with E-state index in [1.807, 2.05) is 23.1 Å². The van der Waals surface area contributed by atoms with E-state index in [1.54, 1.807) is 21.3 Å². The fraction of sp³-hybridized carbons (Fsp3) is 0.538. The highest BCUT2D eigenvalue weighted by Crippen LogP contribution is 2.47. The Balaban J connectivity index is 1.86. The van der Waals surface area contributed by atoms with Crippen LogP contribution in [-0.4, -0.2) is 93.0 Å². The number of hydrogen-bond donors (Lipinski definition) is 1. The van der Waals surface area contributed by atoms with Gasteiger partial charge in [0, 0.05) is 19.5 Å². The third-order valence-corrected chi connectivity index (χ3v) is 12.9. The predicted molar refractivity (Wildman–Crippen MR) is 145 cm³/mol. The Morgan fingerprint density at radius 1 is 0.842 bits per heavy atom. The van der Waals surface area contributed by atoms with Crippen molar-refractivity contribution in [3.63, 3.8) is 0 Å². The van der Waals surface area contributed by atoms with Gasteiger partial charge in [-0.2, -0.15) is 0 Å². The van der Waals surface area contributed by atoms with Crippen LogP contribution in [0.4, 0.5) is 0 Å². The standard InChI is InChI=1S/C26H37NO9S2/c1-27(12-11-19-7-9-22(33-2)24(15-19)35-4)18-21(28)17-26(37(29,30)13-6-14-38(26,31)32)20-8-10-23(34-3)25(16-20)36-5/h7-10,15-16,21,28H,6,11-14,17-18H2,1-5H3. The summed E-state index contributed by atoms with van der Waals surface area (Å²) in [4.78, 5) is 1.84. The van der Waals surface area contributed by atoms with E-state index in [4.69, 9.17) is 18.9 Å². The molecule has 1 N–H and O–H groups in total. The smallest absolute Gasteiger partial charge is 0.200 e. The Hall–Kier alpha value is -2.54. The maximum absolute atomic E-state index is 13.5. The molecule has 0 aliphatic carbocycles. The van der Waals surface area contributed by atoms with Crippen LogP contribution >= 0.6 is 0 Å². The normalized spacial score (nSPS) is 18.5. The molecule has 1 fully saturated rings. The molecule has 0 amide bonds. The van der Waals surface area contributed by atoms with E-state index in [1.165, 1.54) is 32.4 Å². The molecule has 38 heavy (non-hydrogen) atoms. The molecule has 1 aliphatic heterocycles. The molecule has 212 valence electrons. The van der Waals surface area contributed by atoms with Crippen LogP contribution in [-0.2, 0) is 30.2 Å². The largest absolute Gasteiger partial charge is 0.493 e. The van der Waals surface area contributed by atoms with Gasteiger partial charge in [-0.05, 0) is 55.3 Å². The van der Waals surface area contributed by atoms with Gasteiger partial charge in [-0.15, -0.1) is 0 Å². The SMILES string of the molecule is COc1ccc(CCN(C)CC(O)CC2(c3ccc(OC)c(OC)c3)S(=O)(=O)CCCS2(=O)=O)cc1OC. The zero-order valence-corrected chi connectivity index (χ0v) is 24.1. The average molecular weight is 572 g/mol. The highest BCUT2D eigenvalue weighted by molar-refractivity contribution is 8.10. The molecule has 1 atom stereocenters. The van der Waals surface area contributed by atoms with E-state index in [9.17, 15) is 21.9 Å². The van der Waals surface area contributed by atoms with Crippen LogP contribution in [0.25, 0.3) is 0 Å². The average Bonchev–Trinajstić information content (AvgIpc) is 2.88. The summed E-state index contributed by atoms with van der Waals surface area (Å²) in [6.45, 7) is 0.614. The fourth-order valence-electron chi connectivity index (χ4n) is 4.95. The molecular formula is C26H37NO9S2. The molecule has 0 bridgehead atoms. The number of rotatable bonds is 12. The van der Waals surface area contributed by atoms with Crippen molar-refractivity contribution in [3.8, 4) is 23.0 Å². The molecule has 2 aromatic rings. The summed E-state index contributed by atoms with van der Waals surface area (Å²) >= 11 is 0. The topological polar surface area (TPSA) is 129 Å². The first-order valence-corrected chi connectivity index (χ1v) is 15.5. The lowest BCUT2D eigenvalue weighted by atomic mass is 10.0. The minimum absolute atomic E-state index is 0.0149. The maximum atomic E-state index is 13.5. The quantitative estimate of drug-likeness (QED) is 0.404. The van der Waals surface area contributed by atoms with Gasteiger partial charge in [0.25, 0.3) is 0 Å². The molecule has 0 saturated carbocycles. The van der Waals surface area contributed by atoms with Crippen LogP contribution in [0.1, 0.15) is 24.0 Å². The molecule has 1 aliphatic rings. The Morgan fingerprint density at radius 2 is 1.37 bits per heavy atom. The van der Waals surface area contributed by atoms with Crippen LogP contribution in [0.15, 0.2) is 36.4 Å². The molecule has 0 spiro atoms. The second-order valence-electron chi connectivity index (χ2n) is 9.37. The summed E-state index contributed by atoms with van der Waals surface area (Å²) in [5.41, 5.74) is 1.03. The summed E-state index contributed by atoms with van der Waals surface area (Å²) in [6, 6.07) is 9.89. The van der Waals surface area contributed by atoms with Crippen molar-refractivity contribution in [3.05, 3.63) is 47.5 Å². The van der Waals surface area contributed by atoms with Crippen molar-refractivity contribution in [2.24, 2.45) is 0 Å². The lowest BCUT2D eigenvalue weighted by Gasteiger charge is -2.38. The number of methoxy groups -OCH3 is 4. The second kappa shape index (κ2) is 12.1. The molecule has 1 unspecified atom stereocenters. The first-order chi connectivity index (χ1) is 17.9. The molecule has 12 heteroatoms. The zero-order chi connectivity index (χ0) is 28.1. The lowest BCUT2D eigenvalue weighted by molar-refractivity contribution is 0.113. The van der Waals surface area contributed by atoms with Crippen molar-refractivity contribution < 1.29 is 40.9 Å². The van der Waals surface area contributed by atoms with Crippen LogP contribution in [0, 0.1) is 0 Å². The van der Waals surface area contributed by atoms with Gasteiger partial charge in [-0.25, -0.2) is 16.8 Å². The van der Waals surface area contributed by atoms with Crippen LogP contribution < -0.4 is 18.9 Å². The minimum atomic E-state index is -4.18. The summed E-state index contributed by atoms with van der Waals surface area (Å²) in [6.07, 6.45) is -1.09. The summed E-state index contributed by atoms with van der Waals surface area (Å²) in [5.74, 6) is 1.20. The summed E-state index contributed by atoms with van der Waals surface area (Å²) in [7, 11) is -0.623. The van der Waals surface area contributed by atoms with Crippen LogP contribution in [0.2, 0.25) is 0 Å². The van der Waals surface area contributed by atoms with Gasteiger partial charge >= 0.3 is 0 Å². The number of nitrogens with zero attached hydrogens (tertiary/aromatic N) is 1. The van der Waals surface area contributed by atoms with Gasteiger partial charge in [0.2, 0.25) is 4.08 Å². The number of ether oxygens (including phenoxy) is 4. The molecular weight excluding hydrogens is 534 g/mol. The number of aliphatic hydroxyl groups excluding tert-OH is 1. The van der Waals surface area contributed by atoms with E-state index in [2.05, 4.69) is 0 Å². The highest BCUT2D eigenvalue weighted by Gasteiger charge is 2.58. The van der Waals surface area contributed by atoms with Crippen molar-refractivity contribution in [2.45, 2.75) is 29.4 Å². The van der Waals surface area contributed by atoms with Crippen molar-refractivity contribution >= 4 is 19.7 Å². The fourth-order valence-corrected chi connectivity index (χ4v) is 10.8. The van der Waals surface area contributed by atoms with E-state index in [-0.39, 0.29) is 35.8 Å². The first-order valence-electron chi connectivity index (χ1n) is 12.2. The molecule has 1 saturated heterocycles. The molecule has 2 aromatic carbocycles. The molecule has 0 aromatic heterocycles. The van der Waals surface area contributed by atoms with Gasteiger partial charge in [-0.1, -0.05) is 12.1 Å². The first kappa shape index (κ1) is 30.0. The monoisotopic (exact) mass is 571 g/mol. The van der Waals surface area contributed by atoms with Gasteiger partial charge in [0.05, 0.1) is 46.0 Å². The van der Waals surface area contributed by atoms with E-state index >= 15 is 0 Å². The highest BCUT2D eigenvalue weighted by atomic mass is 32.3. The summed E-state index contributed by atoms with van der Waals surface area (Å²) in [5, 5.41) is 11.1. The molecule has 3 rings (SSSR count). The number of likely N-dealkylation sites (N-methyl/N-ethyl adjacent to an activating group) is 1. The van der Waals surface area contributed by atoms with E-state index in [0.29, 0.717) is 30.2 Å². The van der Waals surface area contributed by atoms with Gasteiger partial charge in [-0.3, -0.25) is 0 Å². The number of sulfone groups is 2. The minimum Gasteiger partial charge on any atom is -0.493 e. The van der Waals surface area contributed by atoms with Crippen molar-refractivity contribution in [2.75, 3.05) is 60.1 Å². The number of benzene rings is 2. The van der Waals surface area contributed by atoms with Crippen LogP contribution in [0.3, 0.4) is 0 Å². The van der Waals surface area contributed by atoms with Gasteiger partial charge in [0.15, 0.2) is 42.7 Å². The Morgan fingerprint density at radius 3 is 1.92 bits per heavy atom. The predicted octanol–water partition coefficient (Wildman–Crippen LogP) is 2.03. The zero-order valence-electron chi connectivity index (χ0n) is 22.5. The van der Waals surface area contributed by atoms with E-state index < -0.39 is 36.3 Å². The van der Waals surface area contributed by atoms with Crippen molar-refractivity contribution in [1.29, 1.82) is 0 Å². The second-order valence-corrected chi connectivity index (χ2v) is 14.3. The number of hydrogen-bond acceptors (Lipinski definition) is 10. The Labute approximate surface area is 225 Å². The summed E-state index contributed by atoms with van der Waals surface area (Å²) < 4.78 is 73.0. The lowest BCUT2D eigenvalue weighted by Crippen LogP contribution is -2.52. The molecule has 0 radical (unpaired) electrons. The maximum Gasteiger partial charge on any atom is 0.200 e. The van der Waals surface area contributed by atoms with Crippen LogP contribution in [0.5, 0.6) is 23.0 Å². The number of aliphatic hydroxyl groups is 1. The third-order valence-electron chi connectivity index (χ3n) is 6.91. The Bertz CT molecular complexity index is 1290. The van der Waals surface area contributed by atoms with E-state index in [0.717, 1.165) is 5.56 Å². The third kappa shape index (κ3) is 5.88. The van der Waals surface area contributed by atoms with Gasteiger partial charge in [0.1, 0.15) is 0 Å². The Kier molecular flexibility index (Phi) is 9.56. The van der Waals surface area contributed by atoms with Gasteiger partial charge < -0.3 is 29.0 Å². The molecule has 10 nitrogen and oxygen atoms in total. The van der Waals surface area contributed by atoms with Crippen molar-refractivity contribution in [1.82, 2.24) is 4.90 Å².